The third-order valence-corrected chi connectivity index (χ3v) is 3.55. The van der Waals surface area contributed by atoms with E-state index < -0.39 is 0 Å². The maximum absolute atomic E-state index is 12.1. The largest absolute Gasteiger partial charge is 0.491 e. The zero-order chi connectivity index (χ0) is 14.5. The molecular formula is C16H24N2O2. The molecular weight excluding hydrogens is 252 g/mol. The van der Waals surface area contributed by atoms with Crippen LogP contribution in [0.1, 0.15) is 33.6 Å². The van der Waals surface area contributed by atoms with E-state index in [1.165, 1.54) is 0 Å². The molecule has 1 saturated heterocycles. The van der Waals surface area contributed by atoms with Gasteiger partial charge in [-0.3, -0.25) is 0 Å². The number of hydrogen-bond donors (Lipinski definition) is 1. The predicted octanol–water partition coefficient (Wildman–Crippen LogP) is 3.74. The lowest BCUT2D eigenvalue weighted by molar-refractivity contribution is 0.186. The standard InChI is InChI=1S/C16H24N2O2/c1-12(2)20-15-6-4-14(5-7-15)17-16(19)18-10-8-13(3)9-11-18/h4-7,12-13H,8-11H2,1-3H3,(H,17,19). The van der Waals surface area contributed by atoms with Crippen molar-refractivity contribution in [1.82, 2.24) is 4.90 Å². The number of hydrogen-bond acceptors (Lipinski definition) is 2. The summed E-state index contributed by atoms with van der Waals surface area (Å²) in [6.45, 7) is 7.92. The molecule has 0 aromatic heterocycles. The zero-order valence-corrected chi connectivity index (χ0v) is 12.6. The topological polar surface area (TPSA) is 41.6 Å². The van der Waals surface area contributed by atoms with Gasteiger partial charge < -0.3 is 15.0 Å². The summed E-state index contributed by atoms with van der Waals surface area (Å²) in [6.07, 6.45) is 2.34. The molecule has 0 saturated carbocycles. The summed E-state index contributed by atoms with van der Waals surface area (Å²) in [5.74, 6) is 1.55. The fraction of sp³-hybridized carbons (Fsp3) is 0.562. The van der Waals surface area contributed by atoms with E-state index in [9.17, 15) is 4.79 Å². The number of rotatable bonds is 3. The fourth-order valence-corrected chi connectivity index (χ4v) is 2.30. The van der Waals surface area contributed by atoms with Gasteiger partial charge in [0.25, 0.3) is 0 Å². The lowest BCUT2D eigenvalue weighted by Crippen LogP contribution is -2.40. The van der Waals surface area contributed by atoms with Gasteiger partial charge in [0.1, 0.15) is 5.75 Å². The summed E-state index contributed by atoms with van der Waals surface area (Å²) in [6, 6.07) is 7.51. The number of carbonyl (C=O) groups excluding carboxylic acids is 1. The van der Waals surface area contributed by atoms with Crippen molar-refractivity contribution in [3.63, 3.8) is 0 Å². The predicted molar refractivity (Wildman–Crippen MR) is 81.2 cm³/mol. The van der Waals surface area contributed by atoms with Crippen molar-refractivity contribution >= 4 is 11.7 Å². The molecule has 110 valence electrons. The van der Waals surface area contributed by atoms with Crippen LogP contribution in [0.15, 0.2) is 24.3 Å². The number of amides is 2. The normalized spacial score (nSPS) is 16.3. The maximum Gasteiger partial charge on any atom is 0.321 e. The SMILES string of the molecule is CC1CCN(C(=O)Nc2ccc(OC(C)C)cc2)CC1. The van der Waals surface area contributed by atoms with E-state index in [-0.39, 0.29) is 12.1 Å². The van der Waals surface area contributed by atoms with Crippen LogP contribution in [0.2, 0.25) is 0 Å². The number of piperidine rings is 1. The second-order valence-corrected chi connectivity index (χ2v) is 5.79. The van der Waals surface area contributed by atoms with Crippen LogP contribution >= 0.6 is 0 Å². The van der Waals surface area contributed by atoms with E-state index in [1.54, 1.807) is 0 Å². The van der Waals surface area contributed by atoms with Gasteiger partial charge in [-0.15, -0.1) is 0 Å². The monoisotopic (exact) mass is 276 g/mol. The van der Waals surface area contributed by atoms with Gasteiger partial charge in [0.2, 0.25) is 0 Å². The summed E-state index contributed by atoms with van der Waals surface area (Å²) < 4.78 is 5.58. The average molecular weight is 276 g/mol. The first-order valence-corrected chi connectivity index (χ1v) is 7.37. The minimum absolute atomic E-state index is 0.00516. The van der Waals surface area contributed by atoms with Gasteiger partial charge in [0.05, 0.1) is 6.10 Å². The Labute approximate surface area is 121 Å². The molecule has 0 unspecified atom stereocenters. The van der Waals surface area contributed by atoms with E-state index in [4.69, 9.17) is 4.74 Å². The molecule has 1 aromatic rings. The van der Waals surface area contributed by atoms with Crippen LogP contribution < -0.4 is 10.1 Å². The van der Waals surface area contributed by atoms with Gasteiger partial charge in [-0.1, -0.05) is 6.92 Å². The molecule has 20 heavy (non-hydrogen) atoms. The summed E-state index contributed by atoms with van der Waals surface area (Å²) >= 11 is 0. The van der Waals surface area contributed by atoms with E-state index in [0.29, 0.717) is 0 Å². The van der Waals surface area contributed by atoms with Crippen molar-refractivity contribution in [2.45, 2.75) is 39.7 Å². The lowest BCUT2D eigenvalue weighted by atomic mass is 10.00. The van der Waals surface area contributed by atoms with Crippen molar-refractivity contribution in [2.24, 2.45) is 5.92 Å². The first-order chi connectivity index (χ1) is 9.54. The molecule has 1 fully saturated rings. The Morgan fingerprint density at radius 1 is 1.25 bits per heavy atom. The van der Waals surface area contributed by atoms with E-state index in [1.807, 2.05) is 43.0 Å². The van der Waals surface area contributed by atoms with Gasteiger partial charge >= 0.3 is 6.03 Å². The van der Waals surface area contributed by atoms with Crippen LogP contribution in [0, 0.1) is 5.92 Å². The molecule has 0 radical (unpaired) electrons. The van der Waals surface area contributed by atoms with Crippen molar-refractivity contribution in [3.05, 3.63) is 24.3 Å². The molecule has 1 aliphatic heterocycles. The van der Waals surface area contributed by atoms with Crippen molar-refractivity contribution in [3.8, 4) is 5.75 Å². The molecule has 1 aliphatic rings. The Morgan fingerprint density at radius 3 is 2.40 bits per heavy atom. The molecule has 0 bridgehead atoms. The number of benzene rings is 1. The highest BCUT2D eigenvalue weighted by molar-refractivity contribution is 5.89. The van der Waals surface area contributed by atoms with Gasteiger partial charge in [0.15, 0.2) is 0 Å². The summed E-state index contributed by atoms with van der Waals surface area (Å²) in [5, 5.41) is 2.94. The Morgan fingerprint density at radius 2 is 1.85 bits per heavy atom. The first kappa shape index (κ1) is 14.7. The van der Waals surface area contributed by atoms with E-state index in [2.05, 4.69) is 12.2 Å². The van der Waals surface area contributed by atoms with Gasteiger partial charge in [0, 0.05) is 18.8 Å². The van der Waals surface area contributed by atoms with Gasteiger partial charge in [-0.2, -0.15) is 0 Å². The van der Waals surface area contributed by atoms with Crippen LogP contribution in [-0.4, -0.2) is 30.1 Å². The molecule has 1 N–H and O–H groups in total. The minimum Gasteiger partial charge on any atom is -0.491 e. The molecule has 0 aliphatic carbocycles. The number of likely N-dealkylation sites (tertiary alicyclic amines) is 1. The van der Waals surface area contributed by atoms with E-state index >= 15 is 0 Å². The highest BCUT2D eigenvalue weighted by Gasteiger charge is 2.20. The van der Waals surface area contributed by atoms with Crippen LogP contribution in [0.25, 0.3) is 0 Å². The zero-order valence-electron chi connectivity index (χ0n) is 12.6. The Hall–Kier alpha value is -1.71. The Bertz CT molecular complexity index is 434. The molecule has 0 spiro atoms. The smallest absolute Gasteiger partial charge is 0.321 e. The van der Waals surface area contributed by atoms with Crippen LogP contribution in [0.3, 0.4) is 0 Å². The van der Waals surface area contributed by atoms with Crippen molar-refractivity contribution < 1.29 is 9.53 Å². The molecule has 2 rings (SSSR count). The summed E-state index contributed by atoms with van der Waals surface area (Å²) in [5.41, 5.74) is 0.810. The highest BCUT2D eigenvalue weighted by atomic mass is 16.5. The van der Waals surface area contributed by atoms with E-state index in [0.717, 1.165) is 43.3 Å². The number of anilines is 1. The first-order valence-electron chi connectivity index (χ1n) is 7.37. The van der Waals surface area contributed by atoms with Crippen LogP contribution in [0.4, 0.5) is 10.5 Å². The Kier molecular flexibility index (Phi) is 4.88. The second kappa shape index (κ2) is 6.64. The average Bonchev–Trinajstić information content (AvgIpc) is 2.41. The summed E-state index contributed by atoms with van der Waals surface area (Å²) in [7, 11) is 0. The molecule has 4 nitrogen and oxygen atoms in total. The quantitative estimate of drug-likeness (QED) is 0.913. The number of nitrogens with zero attached hydrogens (tertiary/aromatic N) is 1. The summed E-state index contributed by atoms with van der Waals surface area (Å²) in [4.78, 5) is 14.0. The van der Waals surface area contributed by atoms with Crippen molar-refractivity contribution in [1.29, 1.82) is 0 Å². The number of ether oxygens (including phenoxy) is 1. The van der Waals surface area contributed by atoms with Crippen LogP contribution in [0.5, 0.6) is 5.75 Å². The third-order valence-electron chi connectivity index (χ3n) is 3.55. The maximum atomic E-state index is 12.1. The van der Waals surface area contributed by atoms with Gasteiger partial charge in [-0.25, -0.2) is 4.79 Å². The number of carbonyl (C=O) groups is 1. The molecule has 4 heteroatoms. The molecule has 1 heterocycles. The van der Waals surface area contributed by atoms with Gasteiger partial charge in [-0.05, 0) is 56.9 Å². The van der Waals surface area contributed by atoms with Crippen LogP contribution in [-0.2, 0) is 0 Å². The second-order valence-electron chi connectivity index (χ2n) is 5.79. The highest BCUT2D eigenvalue weighted by Crippen LogP contribution is 2.19. The fourth-order valence-electron chi connectivity index (χ4n) is 2.30. The Balaban J connectivity index is 1.88. The third kappa shape index (κ3) is 4.15. The lowest BCUT2D eigenvalue weighted by Gasteiger charge is -2.30. The number of nitrogens with one attached hydrogen (secondary N) is 1. The molecule has 1 aromatic carbocycles. The minimum atomic E-state index is -0.00516. The van der Waals surface area contributed by atoms with Crippen molar-refractivity contribution in [2.75, 3.05) is 18.4 Å². The molecule has 2 amide bonds. The number of urea groups is 1. The molecule has 0 atom stereocenters.